The molecule has 0 atom stereocenters. The van der Waals surface area contributed by atoms with E-state index in [1.54, 1.807) is 0 Å². The van der Waals surface area contributed by atoms with Gasteiger partial charge in [0, 0.05) is 25.3 Å². The first-order chi connectivity index (χ1) is 8.78. The summed E-state index contributed by atoms with van der Waals surface area (Å²) in [5, 5.41) is 3.53. The van der Waals surface area contributed by atoms with Gasteiger partial charge in [0.25, 0.3) is 0 Å². The van der Waals surface area contributed by atoms with E-state index in [9.17, 15) is 0 Å². The third kappa shape index (κ3) is 4.69. The summed E-state index contributed by atoms with van der Waals surface area (Å²) in [6, 6.07) is 8.62. The van der Waals surface area contributed by atoms with Gasteiger partial charge in [-0.05, 0) is 56.3 Å². The molecule has 1 saturated carbocycles. The second kappa shape index (κ2) is 6.79. The molecule has 1 aromatic rings. The molecule has 2 heteroatoms. The third-order valence-corrected chi connectivity index (χ3v) is 3.53. The lowest BCUT2D eigenvalue weighted by molar-refractivity contribution is 0.273. The highest BCUT2D eigenvalue weighted by molar-refractivity contribution is 5.45. The van der Waals surface area contributed by atoms with Crippen molar-refractivity contribution in [2.24, 2.45) is 5.92 Å². The average molecular weight is 246 g/mol. The molecule has 0 spiro atoms. The van der Waals surface area contributed by atoms with Gasteiger partial charge < -0.3 is 10.2 Å². The molecule has 0 unspecified atom stereocenters. The summed E-state index contributed by atoms with van der Waals surface area (Å²) in [6.07, 6.45) is 4.16. The minimum absolute atomic E-state index is 0.996. The van der Waals surface area contributed by atoms with Crippen LogP contribution in [-0.2, 0) is 0 Å². The molecular formula is C16H26N2. The highest BCUT2D eigenvalue weighted by Gasteiger charge is 2.23. The number of nitrogens with one attached hydrogen (secondary N) is 1. The molecule has 0 radical (unpaired) electrons. The summed E-state index contributed by atoms with van der Waals surface area (Å²) in [5.74, 6) is 0.996. The molecule has 100 valence electrons. The van der Waals surface area contributed by atoms with Crippen molar-refractivity contribution in [3.05, 3.63) is 29.8 Å². The Hall–Kier alpha value is -1.02. The number of hydrogen-bond acceptors (Lipinski definition) is 2. The van der Waals surface area contributed by atoms with E-state index in [1.807, 2.05) is 0 Å². The van der Waals surface area contributed by atoms with Crippen LogP contribution in [0.25, 0.3) is 0 Å². The fourth-order valence-electron chi connectivity index (χ4n) is 2.39. The van der Waals surface area contributed by atoms with E-state index in [-0.39, 0.29) is 0 Å². The first kappa shape index (κ1) is 13.4. The van der Waals surface area contributed by atoms with Crippen LogP contribution in [0.3, 0.4) is 0 Å². The maximum absolute atomic E-state index is 3.53. The van der Waals surface area contributed by atoms with E-state index in [4.69, 9.17) is 0 Å². The number of anilines is 1. The second-order valence-electron chi connectivity index (χ2n) is 5.54. The summed E-state index contributed by atoms with van der Waals surface area (Å²) >= 11 is 0. The van der Waals surface area contributed by atoms with Crippen molar-refractivity contribution in [1.29, 1.82) is 0 Å². The lowest BCUT2D eigenvalue weighted by Crippen LogP contribution is -2.31. The first-order valence-corrected chi connectivity index (χ1v) is 7.31. The molecule has 1 N–H and O–H groups in total. The van der Waals surface area contributed by atoms with Crippen LogP contribution >= 0.6 is 0 Å². The average Bonchev–Trinajstić information content (AvgIpc) is 3.13. The number of benzene rings is 1. The van der Waals surface area contributed by atoms with Crippen molar-refractivity contribution in [3.8, 4) is 0 Å². The van der Waals surface area contributed by atoms with Crippen molar-refractivity contribution in [2.75, 3.05) is 31.5 Å². The molecule has 1 aromatic carbocycles. The van der Waals surface area contributed by atoms with E-state index >= 15 is 0 Å². The fourth-order valence-corrected chi connectivity index (χ4v) is 2.39. The standard InChI is InChI=1S/C16H26N2/c1-3-10-18(13-15-7-8-15)11-9-17-16-6-4-5-14(2)12-16/h4-6,12,15,17H,3,7-11,13H2,1-2H3. The van der Waals surface area contributed by atoms with Gasteiger partial charge in [0.15, 0.2) is 0 Å². The highest BCUT2D eigenvalue weighted by atomic mass is 15.1. The largest absolute Gasteiger partial charge is 0.384 e. The molecule has 0 aromatic heterocycles. The zero-order chi connectivity index (χ0) is 12.8. The van der Waals surface area contributed by atoms with E-state index in [1.165, 1.54) is 43.6 Å². The van der Waals surface area contributed by atoms with Crippen LogP contribution in [0.1, 0.15) is 31.7 Å². The normalized spacial score (nSPS) is 15.1. The second-order valence-corrected chi connectivity index (χ2v) is 5.54. The number of hydrogen-bond donors (Lipinski definition) is 1. The van der Waals surface area contributed by atoms with Crippen LogP contribution in [0.5, 0.6) is 0 Å². The third-order valence-electron chi connectivity index (χ3n) is 3.53. The molecular weight excluding hydrogens is 220 g/mol. The predicted molar refractivity (Wildman–Crippen MR) is 79.1 cm³/mol. The van der Waals surface area contributed by atoms with Gasteiger partial charge in [-0.2, -0.15) is 0 Å². The van der Waals surface area contributed by atoms with Gasteiger partial charge in [0.1, 0.15) is 0 Å². The first-order valence-electron chi connectivity index (χ1n) is 7.31. The summed E-state index contributed by atoms with van der Waals surface area (Å²) < 4.78 is 0. The molecule has 0 bridgehead atoms. The lowest BCUT2D eigenvalue weighted by atomic mass is 10.2. The van der Waals surface area contributed by atoms with Crippen molar-refractivity contribution >= 4 is 5.69 Å². The Morgan fingerprint density at radius 2 is 2.11 bits per heavy atom. The van der Waals surface area contributed by atoms with Crippen molar-refractivity contribution < 1.29 is 0 Å². The van der Waals surface area contributed by atoms with Gasteiger partial charge in [-0.15, -0.1) is 0 Å². The van der Waals surface area contributed by atoms with Gasteiger partial charge in [-0.1, -0.05) is 19.1 Å². The van der Waals surface area contributed by atoms with E-state index in [2.05, 4.69) is 48.3 Å². The Balaban J connectivity index is 1.71. The van der Waals surface area contributed by atoms with Crippen molar-refractivity contribution in [2.45, 2.75) is 33.1 Å². The summed E-state index contributed by atoms with van der Waals surface area (Å²) in [5.41, 5.74) is 2.57. The van der Waals surface area contributed by atoms with Crippen LogP contribution in [0, 0.1) is 12.8 Å². The Morgan fingerprint density at radius 1 is 1.28 bits per heavy atom. The molecule has 18 heavy (non-hydrogen) atoms. The Bertz CT molecular complexity index is 358. The molecule has 2 rings (SSSR count). The Morgan fingerprint density at radius 3 is 2.78 bits per heavy atom. The molecule has 0 heterocycles. The van der Waals surface area contributed by atoms with Crippen molar-refractivity contribution in [1.82, 2.24) is 4.90 Å². The molecule has 1 aliphatic carbocycles. The van der Waals surface area contributed by atoms with Crippen molar-refractivity contribution in [3.63, 3.8) is 0 Å². The van der Waals surface area contributed by atoms with Crippen LogP contribution in [0.15, 0.2) is 24.3 Å². The van der Waals surface area contributed by atoms with E-state index in [0.29, 0.717) is 0 Å². The highest BCUT2D eigenvalue weighted by Crippen LogP contribution is 2.29. The minimum Gasteiger partial charge on any atom is -0.384 e. The lowest BCUT2D eigenvalue weighted by Gasteiger charge is -2.22. The van der Waals surface area contributed by atoms with Crippen LogP contribution in [0.2, 0.25) is 0 Å². The van der Waals surface area contributed by atoms with Gasteiger partial charge in [0.05, 0.1) is 0 Å². The maximum atomic E-state index is 3.53. The van der Waals surface area contributed by atoms with Gasteiger partial charge in [-0.25, -0.2) is 0 Å². The van der Waals surface area contributed by atoms with Crippen LogP contribution < -0.4 is 5.32 Å². The topological polar surface area (TPSA) is 15.3 Å². The molecule has 0 aliphatic heterocycles. The predicted octanol–water partition coefficient (Wildman–Crippen LogP) is 3.53. The zero-order valence-electron chi connectivity index (χ0n) is 11.8. The Labute approximate surface area is 111 Å². The van der Waals surface area contributed by atoms with Crippen LogP contribution in [0.4, 0.5) is 5.69 Å². The molecule has 0 amide bonds. The fraction of sp³-hybridized carbons (Fsp3) is 0.625. The molecule has 1 aliphatic rings. The molecule has 1 fully saturated rings. The van der Waals surface area contributed by atoms with E-state index in [0.717, 1.165) is 19.0 Å². The van der Waals surface area contributed by atoms with Crippen LogP contribution in [-0.4, -0.2) is 31.1 Å². The SMILES string of the molecule is CCCN(CCNc1cccc(C)c1)CC1CC1. The van der Waals surface area contributed by atoms with Gasteiger partial charge in [0.2, 0.25) is 0 Å². The summed E-state index contributed by atoms with van der Waals surface area (Å²) in [6.45, 7) is 9.18. The monoisotopic (exact) mass is 246 g/mol. The maximum Gasteiger partial charge on any atom is 0.0343 e. The Kier molecular flexibility index (Phi) is 5.06. The summed E-state index contributed by atoms with van der Waals surface area (Å²) in [4.78, 5) is 2.61. The zero-order valence-corrected chi connectivity index (χ0v) is 11.8. The quantitative estimate of drug-likeness (QED) is 0.755. The number of nitrogens with zero attached hydrogens (tertiary/aromatic N) is 1. The smallest absolute Gasteiger partial charge is 0.0343 e. The summed E-state index contributed by atoms with van der Waals surface area (Å²) in [7, 11) is 0. The van der Waals surface area contributed by atoms with Gasteiger partial charge in [-0.3, -0.25) is 0 Å². The van der Waals surface area contributed by atoms with Gasteiger partial charge >= 0.3 is 0 Å². The molecule has 0 saturated heterocycles. The van der Waals surface area contributed by atoms with E-state index < -0.39 is 0 Å². The number of rotatable bonds is 8. The number of aryl methyl sites for hydroxylation is 1. The molecule has 2 nitrogen and oxygen atoms in total. The minimum atomic E-state index is 0.996.